The second-order valence-corrected chi connectivity index (χ2v) is 3.26. The molecule has 0 saturated heterocycles. The van der Waals surface area contributed by atoms with Crippen LogP contribution in [0.15, 0.2) is 0 Å². The van der Waals surface area contributed by atoms with E-state index in [9.17, 15) is 0 Å². The van der Waals surface area contributed by atoms with Crippen molar-refractivity contribution in [3.8, 4) is 0 Å². The van der Waals surface area contributed by atoms with Crippen molar-refractivity contribution in [1.29, 1.82) is 0 Å². The first-order chi connectivity index (χ1) is 4.34. The molecule has 1 aliphatic rings. The third-order valence-electron chi connectivity index (χ3n) is 2.20. The summed E-state index contributed by atoms with van der Waals surface area (Å²) in [5, 5.41) is 0. The monoisotopic (exact) mass is 145 g/mol. The molecule has 1 nitrogen and oxygen atoms in total. The summed E-state index contributed by atoms with van der Waals surface area (Å²) < 4.78 is 0. The molecule has 9 heavy (non-hydrogen) atoms. The van der Waals surface area contributed by atoms with Crippen LogP contribution in [0.1, 0.15) is 25.7 Å². The molecule has 0 aliphatic heterocycles. The highest BCUT2D eigenvalue weighted by atomic mass is 32.1. The first-order valence-corrected chi connectivity index (χ1v) is 4.34. The van der Waals surface area contributed by atoms with Gasteiger partial charge in [-0.15, -0.1) is 0 Å². The zero-order valence-corrected chi connectivity index (χ0v) is 6.61. The molecule has 0 aromatic heterocycles. The number of hydrogen-bond acceptors (Lipinski definition) is 2. The van der Waals surface area contributed by atoms with Gasteiger partial charge in [0.1, 0.15) is 0 Å². The van der Waals surface area contributed by atoms with Gasteiger partial charge in [0, 0.05) is 6.04 Å². The molecule has 1 aliphatic carbocycles. The second kappa shape index (κ2) is 3.47. The van der Waals surface area contributed by atoms with E-state index in [1.54, 1.807) is 0 Å². The van der Waals surface area contributed by atoms with Crippen LogP contribution in [0.5, 0.6) is 0 Å². The Labute approximate surface area is 62.4 Å². The van der Waals surface area contributed by atoms with Crippen LogP contribution in [-0.2, 0) is 0 Å². The Kier molecular flexibility index (Phi) is 2.86. The fourth-order valence-electron chi connectivity index (χ4n) is 1.46. The summed E-state index contributed by atoms with van der Waals surface area (Å²) in [5.41, 5.74) is 5.84. The summed E-state index contributed by atoms with van der Waals surface area (Å²) in [7, 11) is 0. The van der Waals surface area contributed by atoms with Crippen molar-refractivity contribution in [3.63, 3.8) is 0 Å². The van der Waals surface area contributed by atoms with Crippen LogP contribution in [0.25, 0.3) is 0 Å². The largest absolute Gasteiger partial charge is 0.327 e. The molecule has 0 heterocycles. The van der Waals surface area contributed by atoms with E-state index in [0.717, 1.165) is 5.75 Å². The zero-order chi connectivity index (χ0) is 6.69. The minimum Gasteiger partial charge on any atom is -0.327 e. The fourth-order valence-corrected chi connectivity index (χ4v) is 1.92. The highest BCUT2D eigenvalue weighted by Gasteiger charge is 2.19. The van der Waals surface area contributed by atoms with Gasteiger partial charge in [-0.1, -0.05) is 12.8 Å². The highest BCUT2D eigenvalue weighted by Crippen LogP contribution is 2.23. The Morgan fingerprint density at radius 1 is 1.33 bits per heavy atom. The molecule has 1 rings (SSSR count). The van der Waals surface area contributed by atoms with Crippen molar-refractivity contribution in [1.82, 2.24) is 0 Å². The maximum atomic E-state index is 5.84. The quantitative estimate of drug-likeness (QED) is 0.536. The van der Waals surface area contributed by atoms with Crippen LogP contribution < -0.4 is 5.73 Å². The van der Waals surface area contributed by atoms with Gasteiger partial charge in [-0.25, -0.2) is 0 Å². The van der Waals surface area contributed by atoms with E-state index in [1.807, 2.05) is 0 Å². The van der Waals surface area contributed by atoms with Gasteiger partial charge in [0.05, 0.1) is 0 Å². The smallest absolute Gasteiger partial charge is 0.00749 e. The third kappa shape index (κ3) is 1.87. The van der Waals surface area contributed by atoms with Gasteiger partial charge in [-0.2, -0.15) is 12.6 Å². The Hall–Kier alpha value is 0.310. The fraction of sp³-hybridized carbons (Fsp3) is 1.00. The zero-order valence-electron chi connectivity index (χ0n) is 5.71. The predicted molar refractivity (Wildman–Crippen MR) is 43.8 cm³/mol. The summed E-state index contributed by atoms with van der Waals surface area (Å²) in [6, 6.07) is 0.441. The van der Waals surface area contributed by atoms with Crippen molar-refractivity contribution in [2.45, 2.75) is 31.7 Å². The van der Waals surface area contributed by atoms with Crippen molar-refractivity contribution >= 4 is 12.6 Å². The molecular weight excluding hydrogens is 130 g/mol. The van der Waals surface area contributed by atoms with Gasteiger partial charge in [-0.3, -0.25) is 0 Å². The van der Waals surface area contributed by atoms with E-state index in [-0.39, 0.29) is 0 Å². The Balaban J connectivity index is 2.30. The lowest BCUT2D eigenvalue weighted by molar-refractivity contribution is 0.336. The van der Waals surface area contributed by atoms with Gasteiger partial charge in [0.2, 0.25) is 0 Å². The van der Waals surface area contributed by atoms with Crippen LogP contribution >= 0.6 is 12.6 Å². The molecule has 0 amide bonds. The summed E-state index contributed by atoms with van der Waals surface area (Å²) in [6.45, 7) is 0. The van der Waals surface area contributed by atoms with Gasteiger partial charge >= 0.3 is 0 Å². The molecule has 2 atom stereocenters. The number of rotatable bonds is 1. The highest BCUT2D eigenvalue weighted by molar-refractivity contribution is 7.80. The molecule has 0 bridgehead atoms. The molecule has 0 aromatic rings. The number of thiol groups is 1. The Morgan fingerprint density at radius 2 is 2.00 bits per heavy atom. The van der Waals surface area contributed by atoms with Crippen LogP contribution in [0.2, 0.25) is 0 Å². The van der Waals surface area contributed by atoms with Gasteiger partial charge in [-0.05, 0) is 24.5 Å². The molecule has 1 saturated carbocycles. The van der Waals surface area contributed by atoms with Crippen LogP contribution in [0, 0.1) is 5.92 Å². The van der Waals surface area contributed by atoms with Crippen LogP contribution in [0.3, 0.4) is 0 Å². The minimum absolute atomic E-state index is 0.441. The van der Waals surface area contributed by atoms with Crippen molar-refractivity contribution in [3.05, 3.63) is 0 Å². The first kappa shape index (κ1) is 7.42. The first-order valence-electron chi connectivity index (χ1n) is 3.71. The normalized spacial score (nSPS) is 36.7. The topological polar surface area (TPSA) is 26.0 Å². The SMILES string of the molecule is N[C@H]1CCCCC1CS. The van der Waals surface area contributed by atoms with E-state index in [4.69, 9.17) is 5.73 Å². The molecule has 54 valence electrons. The molecule has 0 radical (unpaired) electrons. The molecule has 1 fully saturated rings. The molecule has 0 spiro atoms. The van der Waals surface area contributed by atoms with Crippen molar-refractivity contribution < 1.29 is 0 Å². The standard InChI is InChI=1S/C7H15NS/c8-7-4-2-1-3-6(7)5-9/h6-7,9H,1-5,8H2/t6?,7-/m0/s1. The minimum atomic E-state index is 0.441. The van der Waals surface area contributed by atoms with E-state index < -0.39 is 0 Å². The lowest BCUT2D eigenvalue weighted by atomic mass is 9.86. The lowest BCUT2D eigenvalue weighted by Gasteiger charge is -2.26. The van der Waals surface area contributed by atoms with Crippen LogP contribution in [-0.4, -0.2) is 11.8 Å². The maximum Gasteiger partial charge on any atom is 0.00749 e. The molecule has 0 aromatic carbocycles. The molecule has 1 unspecified atom stereocenters. The second-order valence-electron chi connectivity index (χ2n) is 2.89. The van der Waals surface area contributed by atoms with Gasteiger partial charge in [0.15, 0.2) is 0 Å². The summed E-state index contributed by atoms with van der Waals surface area (Å²) in [6.07, 6.45) is 5.19. The molecule has 2 N–H and O–H groups in total. The molecular formula is C7H15NS. The average molecular weight is 145 g/mol. The average Bonchev–Trinajstić information content (AvgIpc) is 1.89. The van der Waals surface area contributed by atoms with Crippen molar-refractivity contribution in [2.24, 2.45) is 11.7 Å². The predicted octanol–water partition coefficient (Wildman–Crippen LogP) is 1.43. The number of hydrogen-bond donors (Lipinski definition) is 2. The van der Waals surface area contributed by atoms with Gasteiger partial charge in [0.25, 0.3) is 0 Å². The summed E-state index contributed by atoms with van der Waals surface area (Å²) in [5.74, 6) is 1.67. The van der Waals surface area contributed by atoms with E-state index in [1.165, 1.54) is 25.7 Å². The summed E-state index contributed by atoms with van der Waals surface area (Å²) in [4.78, 5) is 0. The van der Waals surface area contributed by atoms with E-state index >= 15 is 0 Å². The van der Waals surface area contributed by atoms with Gasteiger partial charge < -0.3 is 5.73 Å². The molecule has 2 heteroatoms. The Bertz CT molecular complexity index is 85.0. The lowest BCUT2D eigenvalue weighted by Crippen LogP contribution is -2.33. The van der Waals surface area contributed by atoms with E-state index in [2.05, 4.69) is 12.6 Å². The summed E-state index contributed by atoms with van der Waals surface area (Å²) >= 11 is 4.24. The third-order valence-corrected chi connectivity index (χ3v) is 2.67. The van der Waals surface area contributed by atoms with Crippen LogP contribution in [0.4, 0.5) is 0 Å². The van der Waals surface area contributed by atoms with Crippen molar-refractivity contribution in [2.75, 3.05) is 5.75 Å². The van der Waals surface area contributed by atoms with E-state index in [0.29, 0.717) is 12.0 Å². The number of nitrogens with two attached hydrogens (primary N) is 1. The maximum absolute atomic E-state index is 5.84. The Morgan fingerprint density at radius 3 is 2.44 bits per heavy atom.